The average molecular weight is 291 g/mol. The van der Waals surface area contributed by atoms with E-state index in [9.17, 15) is 4.79 Å². The van der Waals surface area contributed by atoms with E-state index in [0.717, 1.165) is 0 Å². The van der Waals surface area contributed by atoms with Gasteiger partial charge in [0.2, 0.25) is 0 Å². The van der Waals surface area contributed by atoms with Crippen LogP contribution in [-0.4, -0.2) is 23.8 Å². The summed E-state index contributed by atoms with van der Waals surface area (Å²) in [6, 6.07) is 4.07. The van der Waals surface area contributed by atoms with Gasteiger partial charge in [0.1, 0.15) is 0 Å². The van der Waals surface area contributed by atoms with Crippen molar-refractivity contribution in [2.24, 2.45) is 5.92 Å². The number of urea groups is 1. The first-order valence-corrected chi connectivity index (χ1v) is 6.32. The lowest BCUT2D eigenvalue weighted by molar-refractivity contribution is 0.204. The van der Waals surface area contributed by atoms with E-state index in [4.69, 9.17) is 28.3 Å². The second-order valence-corrected chi connectivity index (χ2v) is 5.16. The fourth-order valence-corrected chi connectivity index (χ4v) is 1.91. The molecule has 0 aliphatic heterocycles. The highest BCUT2D eigenvalue weighted by Gasteiger charge is 2.15. The Hall–Kier alpha value is -0.970. The molecule has 100 valence electrons. The lowest BCUT2D eigenvalue weighted by atomic mass is 10.1. The van der Waals surface area contributed by atoms with Crippen molar-refractivity contribution in [1.82, 2.24) is 5.32 Å². The summed E-state index contributed by atoms with van der Waals surface area (Å²) >= 11 is 11.6. The highest BCUT2D eigenvalue weighted by molar-refractivity contribution is 6.35. The summed E-state index contributed by atoms with van der Waals surface area (Å²) in [7, 11) is 0. The normalized spacial score (nSPS) is 12.3. The van der Waals surface area contributed by atoms with Gasteiger partial charge in [-0.3, -0.25) is 0 Å². The van der Waals surface area contributed by atoms with E-state index >= 15 is 0 Å². The van der Waals surface area contributed by atoms with E-state index in [0.29, 0.717) is 15.7 Å². The van der Waals surface area contributed by atoms with Crippen LogP contribution in [0.1, 0.15) is 13.8 Å². The monoisotopic (exact) mass is 290 g/mol. The number of hydrogen-bond donors (Lipinski definition) is 3. The first-order chi connectivity index (χ1) is 8.42. The predicted octanol–water partition coefficient (Wildman–Crippen LogP) is 3.13. The maximum Gasteiger partial charge on any atom is 0.319 e. The van der Waals surface area contributed by atoms with Gasteiger partial charge in [0, 0.05) is 15.7 Å². The fourth-order valence-electron chi connectivity index (χ4n) is 1.38. The molecule has 0 aliphatic carbocycles. The number of rotatable bonds is 4. The lowest BCUT2D eigenvalue weighted by Crippen LogP contribution is -2.43. The molecule has 4 nitrogen and oxygen atoms in total. The van der Waals surface area contributed by atoms with E-state index < -0.39 is 6.03 Å². The predicted molar refractivity (Wildman–Crippen MR) is 74.3 cm³/mol. The summed E-state index contributed by atoms with van der Waals surface area (Å²) in [5.74, 6) is 0.142. The van der Waals surface area contributed by atoms with Crippen LogP contribution >= 0.6 is 23.2 Å². The average Bonchev–Trinajstić information content (AvgIpc) is 2.23. The van der Waals surface area contributed by atoms with Crippen LogP contribution in [0.5, 0.6) is 0 Å². The van der Waals surface area contributed by atoms with E-state index in [1.54, 1.807) is 18.2 Å². The lowest BCUT2D eigenvalue weighted by Gasteiger charge is -2.20. The number of carbonyl (C=O) groups is 1. The Balaban J connectivity index is 2.64. The number of halogens is 2. The smallest absolute Gasteiger partial charge is 0.319 e. The third-order valence-corrected chi connectivity index (χ3v) is 2.87. The molecule has 0 saturated carbocycles. The summed E-state index contributed by atoms with van der Waals surface area (Å²) in [4.78, 5) is 11.7. The summed E-state index contributed by atoms with van der Waals surface area (Å²) in [5.41, 5.74) is 0.505. The quantitative estimate of drug-likeness (QED) is 0.798. The molecule has 0 bridgehead atoms. The topological polar surface area (TPSA) is 61.4 Å². The molecule has 0 heterocycles. The molecule has 0 saturated heterocycles. The molecular weight excluding hydrogens is 275 g/mol. The van der Waals surface area contributed by atoms with Crippen LogP contribution in [0.2, 0.25) is 10.0 Å². The van der Waals surface area contributed by atoms with Gasteiger partial charge in [0.15, 0.2) is 0 Å². The van der Waals surface area contributed by atoms with Crippen molar-refractivity contribution in [1.29, 1.82) is 0 Å². The van der Waals surface area contributed by atoms with Gasteiger partial charge in [-0.2, -0.15) is 0 Å². The van der Waals surface area contributed by atoms with Gasteiger partial charge in [-0.05, 0) is 24.1 Å². The van der Waals surface area contributed by atoms with Gasteiger partial charge in [-0.1, -0.05) is 37.0 Å². The van der Waals surface area contributed by atoms with Gasteiger partial charge >= 0.3 is 6.03 Å². The second-order valence-electron chi connectivity index (χ2n) is 4.29. The fraction of sp³-hybridized carbons (Fsp3) is 0.417. The van der Waals surface area contributed by atoms with Crippen LogP contribution in [0.15, 0.2) is 18.2 Å². The molecule has 1 rings (SSSR count). The highest BCUT2D eigenvalue weighted by Crippen LogP contribution is 2.22. The number of carbonyl (C=O) groups excluding carboxylic acids is 1. The molecular formula is C12H16Cl2N2O2. The largest absolute Gasteiger partial charge is 0.394 e. The Morgan fingerprint density at radius 2 is 1.83 bits per heavy atom. The molecule has 6 heteroatoms. The van der Waals surface area contributed by atoms with Gasteiger partial charge in [0.25, 0.3) is 0 Å². The van der Waals surface area contributed by atoms with Crippen molar-refractivity contribution in [3.8, 4) is 0 Å². The second kappa shape index (κ2) is 6.83. The van der Waals surface area contributed by atoms with Crippen molar-refractivity contribution in [3.63, 3.8) is 0 Å². The van der Waals surface area contributed by atoms with Gasteiger partial charge in [-0.25, -0.2) is 4.79 Å². The number of aliphatic hydroxyl groups is 1. The molecule has 0 spiro atoms. The number of amides is 2. The standard InChI is InChI=1S/C12H16Cl2N2O2/c1-7(2)11(6-17)16-12(18)15-10-4-8(13)3-9(14)5-10/h3-5,7,11,17H,6H2,1-2H3,(H2,15,16,18)/t11-/m1/s1. The molecule has 0 radical (unpaired) electrons. The molecule has 2 amide bonds. The molecule has 0 aromatic heterocycles. The van der Waals surface area contributed by atoms with E-state index in [-0.39, 0.29) is 18.6 Å². The Bertz CT molecular complexity index is 404. The summed E-state index contributed by atoms with van der Waals surface area (Å²) in [6.45, 7) is 3.72. The Kier molecular flexibility index (Phi) is 5.72. The minimum absolute atomic E-state index is 0.110. The maximum absolute atomic E-state index is 11.7. The van der Waals surface area contributed by atoms with Crippen LogP contribution in [0.4, 0.5) is 10.5 Å². The molecule has 0 aliphatic rings. The van der Waals surface area contributed by atoms with Crippen LogP contribution in [0.3, 0.4) is 0 Å². The molecule has 3 N–H and O–H groups in total. The van der Waals surface area contributed by atoms with Crippen LogP contribution in [-0.2, 0) is 0 Å². The zero-order valence-electron chi connectivity index (χ0n) is 10.2. The third kappa shape index (κ3) is 4.72. The minimum Gasteiger partial charge on any atom is -0.394 e. The highest BCUT2D eigenvalue weighted by atomic mass is 35.5. The maximum atomic E-state index is 11.7. The van der Waals surface area contributed by atoms with Gasteiger partial charge in [-0.15, -0.1) is 0 Å². The number of nitrogens with one attached hydrogen (secondary N) is 2. The minimum atomic E-state index is -0.402. The Morgan fingerprint density at radius 1 is 1.28 bits per heavy atom. The van der Waals surface area contributed by atoms with E-state index in [2.05, 4.69) is 10.6 Å². The van der Waals surface area contributed by atoms with Crippen LogP contribution < -0.4 is 10.6 Å². The summed E-state index contributed by atoms with van der Waals surface area (Å²) in [6.07, 6.45) is 0. The SMILES string of the molecule is CC(C)[C@@H](CO)NC(=O)Nc1cc(Cl)cc(Cl)c1. The molecule has 1 aromatic rings. The first-order valence-electron chi connectivity index (χ1n) is 5.57. The Labute approximate surface area is 116 Å². The van der Waals surface area contributed by atoms with Crippen molar-refractivity contribution in [2.45, 2.75) is 19.9 Å². The summed E-state index contributed by atoms with van der Waals surface area (Å²) < 4.78 is 0. The van der Waals surface area contributed by atoms with Crippen molar-refractivity contribution < 1.29 is 9.90 Å². The third-order valence-electron chi connectivity index (χ3n) is 2.44. The number of anilines is 1. The first kappa shape index (κ1) is 15.1. The summed E-state index contributed by atoms with van der Waals surface area (Å²) in [5, 5.41) is 15.3. The zero-order valence-corrected chi connectivity index (χ0v) is 11.7. The molecule has 0 unspecified atom stereocenters. The van der Waals surface area contributed by atoms with Gasteiger partial charge in [0.05, 0.1) is 12.6 Å². The molecule has 1 atom stereocenters. The molecule has 0 fully saturated rings. The zero-order chi connectivity index (χ0) is 13.7. The van der Waals surface area contributed by atoms with Crippen molar-refractivity contribution in [2.75, 3.05) is 11.9 Å². The molecule has 18 heavy (non-hydrogen) atoms. The number of aliphatic hydroxyl groups excluding tert-OH is 1. The Morgan fingerprint density at radius 3 is 2.28 bits per heavy atom. The van der Waals surface area contributed by atoms with Gasteiger partial charge < -0.3 is 15.7 Å². The number of benzene rings is 1. The van der Waals surface area contributed by atoms with Crippen LogP contribution in [0.25, 0.3) is 0 Å². The number of hydrogen-bond acceptors (Lipinski definition) is 2. The van der Waals surface area contributed by atoms with E-state index in [1.807, 2.05) is 13.8 Å². The molecule has 1 aromatic carbocycles. The van der Waals surface area contributed by atoms with Crippen LogP contribution in [0, 0.1) is 5.92 Å². The van der Waals surface area contributed by atoms with Crippen molar-refractivity contribution in [3.05, 3.63) is 28.2 Å². The van der Waals surface area contributed by atoms with E-state index in [1.165, 1.54) is 0 Å². The van der Waals surface area contributed by atoms with Crippen molar-refractivity contribution >= 4 is 34.9 Å².